The number of aryl methyl sites for hydroxylation is 2. The smallest absolute Gasteiger partial charge is 0.238 e. The first-order valence-electron chi connectivity index (χ1n) is 6.28. The van der Waals surface area contributed by atoms with Crippen LogP contribution in [0.3, 0.4) is 0 Å². The molecule has 0 atom stereocenters. The van der Waals surface area contributed by atoms with E-state index in [0.29, 0.717) is 0 Å². The van der Waals surface area contributed by atoms with E-state index in [1.54, 1.807) is 0 Å². The van der Waals surface area contributed by atoms with E-state index in [-0.39, 0.29) is 12.5 Å². The Kier molecular flexibility index (Phi) is 2.76. The lowest BCUT2D eigenvalue weighted by atomic mass is 10.0. The molecule has 0 saturated heterocycles. The van der Waals surface area contributed by atoms with E-state index in [4.69, 9.17) is 5.73 Å². The minimum atomic E-state index is -0.177. The number of hydrogen-bond donors (Lipinski definition) is 2. The zero-order valence-electron chi connectivity index (χ0n) is 10.1. The standard InChI is InChI=1S/C13H16N4O/c14-7-13(18)15-9-5-6-12-16-10-3-1-2-4-11(10)17(12)8-9/h5-6,8H,1-4,7,14H2,(H,15,18). The van der Waals surface area contributed by atoms with E-state index < -0.39 is 0 Å². The molecule has 0 bridgehead atoms. The van der Waals surface area contributed by atoms with Gasteiger partial charge in [-0.2, -0.15) is 0 Å². The highest BCUT2D eigenvalue weighted by Gasteiger charge is 2.16. The molecule has 0 fully saturated rings. The molecule has 0 spiro atoms. The minimum Gasteiger partial charge on any atom is -0.324 e. The number of nitrogens with zero attached hydrogens (tertiary/aromatic N) is 2. The number of aromatic nitrogens is 2. The average Bonchev–Trinajstić information content (AvgIpc) is 2.77. The second-order valence-corrected chi connectivity index (χ2v) is 4.61. The second-order valence-electron chi connectivity index (χ2n) is 4.61. The summed E-state index contributed by atoms with van der Waals surface area (Å²) in [5, 5.41) is 2.77. The predicted octanol–water partition coefficient (Wildman–Crippen LogP) is 1.11. The van der Waals surface area contributed by atoms with Gasteiger partial charge in [0.2, 0.25) is 5.91 Å². The Bertz CT molecular complexity index is 602. The Morgan fingerprint density at radius 3 is 3.06 bits per heavy atom. The summed E-state index contributed by atoms with van der Waals surface area (Å²) in [7, 11) is 0. The van der Waals surface area contributed by atoms with Crippen molar-refractivity contribution in [2.45, 2.75) is 25.7 Å². The number of nitrogens with one attached hydrogen (secondary N) is 1. The molecule has 2 heterocycles. The van der Waals surface area contributed by atoms with Crippen LogP contribution >= 0.6 is 0 Å². The van der Waals surface area contributed by atoms with Crippen LogP contribution in [-0.4, -0.2) is 21.8 Å². The molecular formula is C13H16N4O. The van der Waals surface area contributed by atoms with E-state index in [1.807, 2.05) is 18.3 Å². The van der Waals surface area contributed by atoms with Gasteiger partial charge in [0.05, 0.1) is 17.9 Å². The lowest BCUT2D eigenvalue weighted by Gasteiger charge is -2.11. The van der Waals surface area contributed by atoms with Crippen molar-refractivity contribution in [1.82, 2.24) is 9.38 Å². The number of anilines is 1. The third-order valence-electron chi connectivity index (χ3n) is 3.35. The summed E-state index contributed by atoms with van der Waals surface area (Å²) in [6.45, 7) is 0.0000723. The average molecular weight is 244 g/mol. The molecular weight excluding hydrogens is 228 g/mol. The third kappa shape index (κ3) is 1.86. The molecule has 2 aromatic heterocycles. The van der Waals surface area contributed by atoms with Gasteiger partial charge in [0.15, 0.2) is 0 Å². The van der Waals surface area contributed by atoms with Crippen molar-refractivity contribution in [1.29, 1.82) is 0 Å². The largest absolute Gasteiger partial charge is 0.324 e. The van der Waals surface area contributed by atoms with Crippen molar-refractivity contribution in [3.05, 3.63) is 29.7 Å². The molecule has 0 aromatic carbocycles. The minimum absolute atomic E-state index is 0.0000723. The first-order valence-corrected chi connectivity index (χ1v) is 6.28. The number of rotatable bonds is 2. The first kappa shape index (κ1) is 11.2. The molecule has 2 aromatic rings. The Labute approximate surface area is 105 Å². The van der Waals surface area contributed by atoms with Crippen molar-refractivity contribution >= 4 is 17.2 Å². The Balaban J connectivity index is 2.02. The molecule has 3 rings (SSSR count). The van der Waals surface area contributed by atoms with E-state index in [2.05, 4.69) is 14.7 Å². The highest BCUT2D eigenvalue weighted by Crippen LogP contribution is 2.23. The molecule has 94 valence electrons. The van der Waals surface area contributed by atoms with Gasteiger partial charge in [-0.3, -0.25) is 4.79 Å². The fraction of sp³-hybridized carbons (Fsp3) is 0.385. The van der Waals surface area contributed by atoms with Crippen LogP contribution < -0.4 is 11.1 Å². The Hall–Kier alpha value is -1.88. The van der Waals surface area contributed by atoms with Gasteiger partial charge in [-0.25, -0.2) is 4.98 Å². The normalized spacial score (nSPS) is 14.5. The molecule has 0 saturated carbocycles. The maximum Gasteiger partial charge on any atom is 0.238 e. The molecule has 5 nitrogen and oxygen atoms in total. The van der Waals surface area contributed by atoms with Crippen LogP contribution in [0.15, 0.2) is 18.3 Å². The maximum absolute atomic E-state index is 11.3. The fourth-order valence-electron chi connectivity index (χ4n) is 2.48. The van der Waals surface area contributed by atoms with Crippen molar-refractivity contribution in [2.75, 3.05) is 11.9 Å². The summed E-state index contributed by atoms with van der Waals surface area (Å²) in [6, 6.07) is 3.80. The highest BCUT2D eigenvalue weighted by molar-refractivity contribution is 5.92. The zero-order chi connectivity index (χ0) is 12.5. The Morgan fingerprint density at radius 1 is 1.39 bits per heavy atom. The van der Waals surface area contributed by atoms with Crippen molar-refractivity contribution < 1.29 is 4.79 Å². The Morgan fingerprint density at radius 2 is 2.22 bits per heavy atom. The van der Waals surface area contributed by atoms with Gasteiger partial charge in [-0.05, 0) is 37.8 Å². The van der Waals surface area contributed by atoms with Gasteiger partial charge in [0.25, 0.3) is 0 Å². The number of carbonyl (C=O) groups excluding carboxylic acids is 1. The van der Waals surface area contributed by atoms with Crippen LogP contribution in [0.5, 0.6) is 0 Å². The van der Waals surface area contributed by atoms with Crippen molar-refractivity contribution in [3.63, 3.8) is 0 Å². The van der Waals surface area contributed by atoms with E-state index >= 15 is 0 Å². The SMILES string of the molecule is NCC(=O)Nc1ccc2nc3c(n2c1)CCCC3. The van der Waals surface area contributed by atoms with E-state index in [9.17, 15) is 4.79 Å². The van der Waals surface area contributed by atoms with Crippen LogP contribution in [-0.2, 0) is 17.6 Å². The molecule has 18 heavy (non-hydrogen) atoms. The first-order chi connectivity index (χ1) is 8.78. The summed E-state index contributed by atoms with van der Waals surface area (Å²) in [6.07, 6.45) is 6.47. The van der Waals surface area contributed by atoms with Crippen LogP contribution in [0.2, 0.25) is 0 Å². The molecule has 1 aliphatic carbocycles. The van der Waals surface area contributed by atoms with Crippen molar-refractivity contribution in [3.8, 4) is 0 Å². The lowest BCUT2D eigenvalue weighted by Crippen LogP contribution is -2.22. The topological polar surface area (TPSA) is 72.4 Å². The number of amides is 1. The monoisotopic (exact) mass is 244 g/mol. The maximum atomic E-state index is 11.3. The van der Waals surface area contributed by atoms with Gasteiger partial charge in [-0.1, -0.05) is 0 Å². The number of hydrogen-bond acceptors (Lipinski definition) is 3. The predicted molar refractivity (Wildman–Crippen MR) is 69.5 cm³/mol. The molecule has 0 radical (unpaired) electrons. The third-order valence-corrected chi connectivity index (χ3v) is 3.35. The summed E-state index contributed by atoms with van der Waals surface area (Å²) in [5.41, 5.74) is 9.49. The van der Waals surface area contributed by atoms with Crippen LogP contribution in [0, 0.1) is 0 Å². The number of carbonyl (C=O) groups is 1. The number of fused-ring (bicyclic) bond motifs is 3. The second kappa shape index (κ2) is 4.42. The van der Waals surface area contributed by atoms with Gasteiger partial charge in [-0.15, -0.1) is 0 Å². The quantitative estimate of drug-likeness (QED) is 0.831. The highest BCUT2D eigenvalue weighted by atomic mass is 16.1. The summed E-state index contributed by atoms with van der Waals surface area (Å²) >= 11 is 0. The molecule has 0 aliphatic heterocycles. The molecule has 5 heteroatoms. The number of nitrogens with two attached hydrogens (primary N) is 1. The van der Waals surface area contributed by atoms with Crippen LogP contribution in [0.1, 0.15) is 24.2 Å². The molecule has 0 unspecified atom stereocenters. The molecule has 1 aliphatic rings. The van der Waals surface area contributed by atoms with Gasteiger partial charge in [0.1, 0.15) is 5.65 Å². The van der Waals surface area contributed by atoms with Crippen LogP contribution in [0.25, 0.3) is 5.65 Å². The lowest BCUT2D eigenvalue weighted by molar-refractivity contribution is -0.114. The van der Waals surface area contributed by atoms with Crippen molar-refractivity contribution in [2.24, 2.45) is 5.73 Å². The zero-order valence-corrected chi connectivity index (χ0v) is 10.1. The molecule has 3 N–H and O–H groups in total. The van der Waals surface area contributed by atoms with Gasteiger partial charge >= 0.3 is 0 Å². The summed E-state index contributed by atoms with van der Waals surface area (Å²) in [5.74, 6) is -0.177. The van der Waals surface area contributed by atoms with Gasteiger partial charge < -0.3 is 15.5 Å². The van der Waals surface area contributed by atoms with E-state index in [1.165, 1.54) is 24.2 Å². The van der Waals surface area contributed by atoms with Crippen LogP contribution in [0.4, 0.5) is 5.69 Å². The number of imidazole rings is 1. The van der Waals surface area contributed by atoms with Gasteiger partial charge in [0, 0.05) is 11.9 Å². The molecule has 1 amide bonds. The number of pyridine rings is 1. The van der Waals surface area contributed by atoms with E-state index in [0.717, 1.165) is 24.2 Å². The fourth-order valence-corrected chi connectivity index (χ4v) is 2.48. The summed E-state index contributed by atoms with van der Waals surface area (Å²) < 4.78 is 2.08. The summed E-state index contributed by atoms with van der Waals surface area (Å²) in [4.78, 5) is 15.9.